The Kier molecular flexibility index (Phi) is 5.17. The minimum Gasteiger partial charge on any atom is -0.345 e. The van der Waals surface area contributed by atoms with Gasteiger partial charge in [0, 0.05) is 30.4 Å². The average molecular weight is 340 g/mol. The number of aryl methyl sites for hydroxylation is 1. The van der Waals surface area contributed by atoms with Crippen molar-refractivity contribution in [3.8, 4) is 11.3 Å². The molecule has 0 radical (unpaired) electrons. The van der Waals surface area contributed by atoms with Crippen molar-refractivity contribution in [3.63, 3.8) is 0 Å². The molecule has 8 heteroatoms. The van der Waals surface area contributed by atoms with Crippen LogP contribution in [-0.2, 0) is 13.0 Å². The second kappa shape index (κ2) is 7.69. The minimum atomic E-state index is -0.184. The molecule has 0 aliphatic rings. The summed E-state index contributed by atoms with van der Waals surface area (Å²) in [5.74, 6) is -0.184. The van der Waals surface area contributed by atoms with Crippen LogP contribution in [0.15, 0.2) is 36.9 Å². The number of rotatable bonds is 6. The van der Waals surface area contributed by atoms with Crippen LogP contribution in [0, 0.1) is 0 Å². The van der Waals surface area contributed by atoms with E-state index in [0.29, 0.717) is 16.3 Å². The molecule has 0 spiro atoms. The third kappa shape index (κ3) is 3.60. The first-order valence-electron chi connectivity index (χ1n) is 7.59. The van der Waals surface area contributed by atoms with Crippen molar-refractivity contribution in [1.29, 1.82) is 0 Å². The van der Waals surface area contributed by atoms with Crippen LogP contribution in [-0.4, -0.2) is 30.4 Å². The maximum absolute atomic E-state index is 12.4. The Balaban J connectivity index is 1.76. The second-order valence-corrected chi connectivity index (χ2v) is 5.83. The van der Waals surface area contributed by atoms with Crippen molar-refractivity contribution in [3.05, 3.63) is 53.2 Å². The summed E-state index contributed by atoms with van der Waals surface area (Å²) >= 11 is 1.11. The monoisotopic (exact) mass is 340 g/mol. The van der Waals surface area contributed by atoms with E-state index < -0.39 is 0 Å². The summed E-state index contributed by atoms with van der Waals surface area (Å²) < 4.78 is 3.88. The van der Waals surface area contributed by atoms with Gasteiger partial charge in [-0.25, -0.2) is 0 Å². The van der Waals surface area contributed by atoms with Gasteiger partial charge in [0.05, 0.1) is 23.6 Å². The normalized spacial score (nSPS) is 10.5. The van der Waals surface area contributed by atoms with Crippen LogP contribution < -0.4 is 5.32 Å². The van der Waals surface area contributed by atoms with Crippen LogP contribution in [0.4, 0.5) is 0 Å². The number of carbonyl (C=O) groups excluding carboxylic acids is 1. The van der Waals surface area contributed by atoms with Crippen molar-refractivity contribution >= 4 is 17.4 Å². The third-order valence-corrected chi connectivity index (χ3v) is 4.14. The fourth-order valence-corrected chi connectivity index (χ4v) is 2.89. The molecule has 1 amide bonds. The van der Waals surface area contributed by atoms with E-state index in [-0.39, 0.29) is 12.5 Å². The van der Waals surface area contributed by atoms with Crippen LogP contribution in [0.1, 0.15) is 34.4 Å². The first kappa shape index (κ1) is 16.1. The largest absolute Gasteiger partial charge is 0.345 e. The van der Waals surface area contributed by atoms with Gasteiger partial charge in [0.2, 0.25) is 0 Å². The number of aromatic nitrogens is 5. The number of nitrogens with one attached hydrogen (secondary N) is 1. The van der Waals surface area contributed by atoms with Crippen molar-refractivity contribution in [1.82, 2.24) is 29.9 Å². The molecule has 1 N–H and O–H groups in total. The molecule has 122 valence electrons. The summed E-state index contributed by atoms with van der Waals surface area (Å²) in [6.45, 7) is 2.32. The molecule has 0 aliphatic heterocycles. The number of pyridine rings is 1. The van der Waals surface area contributed by atoms with Gasteiger partial charge in [0.25, 0.3) is 5.91 Å². The van der Waals surface area contributed by atoms with Gasteiger partial charge < -0.3 is 5.32 Å². The zero-order valence-corrected chi connectivity index (χ0v) is 14.0. The predicted octanol–water partition coefficient (Wildman–Crippen LogP) is 2.27. The Morgan fingerprint density at radius 1 is 1.21 bits per heavy atom. The van der Waals surface area contributed by atoms with Crippen LogP contribution >= 0.6 is 11.5 Å². The molecule has 7 nitrogen and oxygen atoms in total. The molecular formula is C16H16N6OS. The summed E-state index contributed by atoms with van der Waals surface area (Å²) in [5, 5.41) is 6.90. The van der Waals surface area contributed by atoms with E-state index in [2.05, 4.69) is 29.9 Å². The Morgan fingerprint density at radius 3 is 2.88 bits per heavy atom. The predicted molar refractivity (Wildman–Crippen MR) is 90.3 cm³/mol. The van der Waals surface area contributed by atoms with Gasteiger partial charge in [-0.05, 0) is 30.1 Å². The average Bonchev–Trinajstić information content (AvgIpc) is 3.09. The molecule has 24 heavy (non-hydrogen) atoms. The first-order chi connectivity index (χ1) is 11.8. The fraction of sp³-hybridized carbons (Fsp3) is 0.250. The van der Waals surface area contributed by atoms with Crippen LogP contribution in [0.5, 0.6) is 0 Å². The molecule has 0 atom stereocenters. The van der Waals surface area contributed by atoms with Crippen molar-refractivity contribution < 1.29 is 4.79 Å². The molecule has 0 unspecified atom stereocenters. The Bertz CT molecular complexity index is 820. The Morgan fingerprint density at radius 2 is 2.08 bits per heavy atom. The topological polar surface area (TPSA) is 93.6 Å². The molecule has 3 rings (SSSR count). The van der Waals surface area contributed by atoms with Gasteiger partial charge in [-0.3, -0.25) is 19.7 Å². The molecule has 3 heterocycles. The minimum absolute atomic E-state index is 0.184. The van der Waals surface area contributed by atoms with Crippen LogP contribution in [0.3, 0.4) is 0 Å². The maximum Gasteiger partial charge on any atom is 0.265 e. The van der Waals surface area contributed by atoms with Crippen LogP contribution in [0.25, 0.3) is 11.3 Å². The lowest BCUT2D eigenvalue weighted by molar-refractivity contribution is 0.0953. The second-order valence-electron chi connectivity index (χ2n) is 5.07. The lowest BCUT2D eigenvalue weighted by atomic mass is 10.1. The molecular weight excluding hydrogens is 324 g/mol. The van der Waals surface area contributed by atoms with Crippen LogP contribution in [0.2, 0.25) is 0 Å². The highest BCUT2D eigenvalue weighted by Crippen LogP contribution is 2.18. The van der Waals surface area contributed by atoms with E-state index >= 15 is 0 Å². The summed E-state index contributed by atoms with van der Waals surface area (Å²) in [4.78, 5) is 25.7. The van der Waals surface area contributed by atoms with E-state index in [1.165, 1.54) is 0 Å². The maximum atomic E-state index is 12.4. The number of nitrogens with zero attached hydrogens (tertiary/aromatic N) is 5. The van der Waals surface area contributed by atoms with Crippen molar-refractivity contribution in [2.45, 2.75) is 26.3 Å². The standard InChI is InChI=1S/C16H16N6OS/c1-2-4-12-15(24-22-21-12)16(23)20-10-13-14(19-8-7-18-13)11-5-3-6-17-9-11/h3,5-9H,2,4,10H2,1H3,(H,20,23). The van der Waals surface area contributed by atoms with Gasteiger partial charge in [-0.15, -0.1) is 5.10 Å². The number of amides is 1. The Hall–Kier alpha value is -2.74. The highest BCUT2D eigenvalue weighted by Gasteiger charge is 2.16. The lowest BCUT2D eigenvalue weighted by Crippen LogP contribution is -2.24. The molecule has 0 bridgehead atoms. The zero-order valence-electron chi connectivity index (χ0n) is 13.1. The quantitative estimate of drug-likeness (QED) is 0.740. The molecule has 0 aliphatic carbocycles. The van der Waals surface area contributed by atoms with Gasteiger partial charge in [-0.2, -0.15) is 0 Å². The summed E-state index contributed by atoms with van der Waals surface area (Å²) in [6.07, 6.45) is 8.32. The van der Waals surface area contributed by atoms with Crippen molar-refractivity contribution in [2.24, 2.45) is 0 Å². The van der Waals surface area contributed by atoms with Gasteiger partial charge in [-0.1, -0.05) is 17.8 Å². The highest BCUT2D eigenvalue weighted by molar-refractivity contribution is 7.08. The van der Waals surface area contributed by atoms with Gasteiger partial charge in [0.1, 0.15) is 4.88 Å². The van der Waals surface area contributed by atoms with E-state index in [0.717, 1.165) is 35.6 Å². The van der Waals surface area contributed by atoms with E-state index in [1.54, 1.807) is 24.8 Å². The zero-order chi connectivity index (χ0) is 16.8. The van der Waals surface area contributed by atoms with E-state index in [9.17, 15) is 4.79 Å². The van der Waals surface area contributed by atoms with Gasteiger partial charge >= 0.3 is 0 Å². The SMILES string of the molecule is CCCc1nnsc1C(=O)NCc1nccnc1-c1cccnc1. The smallest absolute Gasteiger partial charge is 0.265 e. The molecule has 0 saturated heterocycles. The van der Waals surface area contributed by atoms with Gasteiger partial charge in [0.15, 0.2) is 0 Å². The summed E-state index contributed by atoms with van der Waals surface area (Å²) in [5.41, 5.74) is 3.00. The number of hydrogen-bond acceptors (Lipinski definition) is 7. The lowest BCUT2D eigenvalue weighted by Gasteiger charge is -2.08. The summed E-state index contributed by atoms with van der Waals surface area (Å²) in [6, 6.07) is 3.75. The Labute approximate surface area is 143 Å². The number of carbonyl (C=O) groups is 1. The highest BCUT2D eigenvalue weighted by atomic mass is 32.1. The molecule has 0 fully saturated rings. The molecule has 0 aromatic carbocycles. The van der Waals surface area contributed by atoms with Crippen molar-refractivity contribution in [2.75, 3.05) is 0 Å². The molecule has 0 saturated carbocycles. The summed E-state index contributed by atoms with van der Waals surface area (Å²) in [7, 11) is 0. The third-order valence-electron chi connectivity index (χ3n) is 3.37. The first-order valence-corrected chi connectivity index (χ1v) is 8.36. The van der Waals surface area contributed by atoms with E-state index in [1.807, 2.05) is 19.1 Å². The number of hydrogen-bond donors (Lipinski definition) is 1. The molecule has 3 aromatic heterocycles. The van der Waals surface area contributed by atoms with E-state index in [4.69, 9.17) is 0 Å². The fourth-order valence-electron chi connectivity index (χ4n) is 2.27. The molecule has 3 aromatic rings.